The first-order valence-electron chi connectivity index (χ1n) is 6.90. The molecule has 0 bridgehead atoms. The average Bonchev–Trinajstić information content (AvgIpc) is 2.81. The second kappa shape index (κ2) is 7.04. The number of carbonyl (C=O) groups is 1. The normalized spacial score (nSPS) is 11.1. The molecule has 2 rings (SSSR count). The maximum absolute atomic E-state index is 11.9. The van der Waals surface area contributed by atoms with Crippen LogP contribution in [0.5, 0.6) is 0 Å². The molecule has 6 heteroatoms. The maximum atomic E-state index is 11.9. The van der Waals surface area contributed by atoms with Crippen molar-refractivity contribution < 1.29 is 13.9 Å². The molecule has 22 heavy (non-hydrogen) atoms. The minimum Gasteiger partial charge on any atom is -0.454 e. The summed E-state index contributed by atoms with van der Waals surface area (Å²) in [6, 6.07) is 11.3. The number of hydrogen-bond acceptors (Lipinski definition) is 4. The van der Waals surface area contributed by atoms with Gasteiger partial charge in [0.05, 0.1) is 17.9 Å². The van der Waals surface area contributed by atoms with E-state index in [-0.39, 0.29) is 0 Å². The van der Waals surface area contributed by atoms with E-state index in [1.54, 1.807) is 0 Å². The highest BCUT2D eigenvalue weighted by molar-refractivity contribution is 14.1. The van der Waals surface area contributed by atoms with Crippen LogP contribution in [-0.2, 0) is 11.3 Å². The lowest BCUT2D eigenvalue weighted by molar-refractivity contribution is 0.0636. The Bertz CT molecular complexity index is 647. The SMILES string of the molecule is CC(C)(C)OC(=O)Nc1ccccc1NCc1ccc(I)o1. The molecule has 2 N–H and O–H groups in total. The van der Waals surface area contributed by atoms with E-state index in [0.717, 1.165) is 15.2 Å². The minimum absolute atomic E-state index is 0.478. The van der Waals surface area contributed by atoms with Crippen LogP contribution in [0.15, 0.2) is 40.8 Å². The summed E-state index contributed by atoms with van der Waals surface area (Å²) >= 11 is 2.12. The number of amides is 1. The van der Waals surface area contributed by atoms with Gasteiger partial charge in [0.25, 0.3) is 0 Å². The van der Waals surface area contributed by atoms with Crippen molar-refractivity contribution in [2.75, 3.05) is 10.6 Å². The summed E-state index contributed by atoms with van der Waals surface area (Å²) in [4.78, 5) is 11.9. The molecule has 0 aliphatic heterocycles. The van der Waals surface area contributed by atoms with Crippen molar-refractivity contribution in [2.45, 2.75) is 32.9 Å². The summed E-state index contributed by atoms with van der Waals surface area (Å²) in [5.74, 6) is 0.830. The lowest BCUT2D eigenvalue weighted by atomic mass is 10.2. The van der Waals surface area contributed by atoms with E-state index in [2.05, 4.69) is 33.2 Å². The van der Waals surface area contributed by atoms with Crippen molar-refractivity contribution in [3.63, 3.8) is 0 Å². The monoisotopic (exact) mass is 414 g/mol. The van der Waals surface area contributed by atoms with Gasteiger partial charge in [0.15, 0.2) is 3.77 Å². The molecule has 0 unspecified atom stereocenters. The zero-order valence-corrected chi connectivity index (χ0v) is 14.9. The molecule has 2 aromatic rings. The van der Waals surface area contributed by atoms with Gasteiger partial charge >= 0.3 is 6.09 Å². The standard InChI is InChI=1S/C16H19IN2O3/c1-16(2,3)22-15(20)19-13-7-5-4-6-12(13)18-10-11-8-9-14(17)21-11/h4-9,18H,10H2,1-3H3,(H,19,20). The Morgan fingerprint density at radius 3 is 2.45 bits per heavy atom. The van der Waals surface area contributed by atoms with Crippen LogP contribution in [-0.4, -0.2) is 11.7 Å². The van der Waals surface area contributed by atoms with E-state index < -0.39 is 11.7 Å². The third kappa shape index (κ3) is 5.25. The molecular weight excluding hydrogens is 395 g/mol. The van der Waals surface area contributed by atoms with Gasteiger partial charge in [-0.25, -0.2) is 4.79 Å². The highest BCUT2D eigenvalue weighted by atomic mass is 127. The lowest BCUT2D eigenvalue weighted by Gasteiger charge is -2.20. The average molecular weight is 414 g/mol. The van der Waals surface area contributed by atoms with Gasteiger partial charge in [-0.3, -0.25) is 5.32 Å². The Kier molecular flexibility index (Phi) is 5.33. The number of para-hydroxylation sites is 2. The first-order valence-corrected chi connectivity index (χ1v) is 7.98. The van der Waals surface area contributed by atoms with E-state index in [1.807, 2.05) is 57.2 Å². The van der Waals surface area contributed by atoms with Gasteiger partial charge in [0.1, 0.15) is 11.4 Å². The Morgan fingerprint density at radius 2 is 1.86 bits per heavy atom. The molecule has 0 saturated heterocycles. The molecule has 0 atom stereocenters. The summed E-state index contributed by atoms with van der Waals surface area (Å²) in [6.45, 7) is 6.02. The molecule has 0 radical (unpaired) electrons. The predicted octanol–water partition coefficient (Wildman–Crippen LogP) is 4.84. The number of halogens is 1. The number of benzene rings is 1. The largest absolute Gasteiger partial charge is 0.454 e. The van der Waals surface area contributed by atoms with Crippen LogP contribution in [0.1, 0.15) is 26.5 Å². The number of furan rings is 1. The van der Waals surface area contributed by atoms with Crippen LogP contribution in [0.25, 0.3) is 0 Å². The predicted molar refractivity (Wildman–Crippen MR) is 95.1 cm³/mol. The molecule has 1 aromatic carbocycles. The van der Waals surface area contributed by atoms with Crippen molar-refractivity contribution in [3.8, 4) is 0 Å². The number of ether oxygens (including phenoxy) is 1. The van der Waals surface area contributed by atoms with E-state index in [1.165, 1.54) is 0 Å². The van der Waals surface area contributed by atoms with Gasteiger partial charge in [-0.05, 0) is 67.6 Å². The van der Waals surface area contributed by atoms with Gasteiger partial charge in [-0.1, -0.05) is 12.1 Å². The van der Waals surface area contributed by atoms with Gasteiger partial charge in [-0.2, -0.15) is 0 Å². The molecule has 0 aliphatic rings. The molecule has 1 amide bonds. The van der Waals surface area contributed by atoms with Crippen molar-refractivity contribution in [3.05, 3.63) is 45.9 Å². The number of nitrogens with one attached hydrogen (secondary N) is 2. The Labute approximate surface area is 143 Å². The third-order valence-corrected chi connectivity index (χ3v) is 3.22. The quantitative estimate of drug-likeness (QED) is 0.703. The molecule has 0 saturated carbocycles. The number of rotatable bonds is 4. The summed E-state index contributed by atoms with van der Waals surface area (Å²) in [6.07, 6.45) is -0.478. The summed E-state index contributed by atoms with van der Waals surface area (Å²) in [5, 5.41) is 6.00. The van der Waals surface area contributed by atoms with Crippen molar-refractivity contribution in [2.24, 2.45) is 0 Å². The zero-order chi connectivity index (χ0) is 16.2. The zero-order valence-electron chi connectivity index (χ0n) is 12.8. The Morgan fingerprint density at radius 1 is 1.18 bits per heavy atom. The van der Waals surface area contributed by atoms with Gasteiger partial charge in [0.2, 0.25) is 0 Å². The van der Waals surface area contributed by atoms with Crippen molar-refractivity contribution >= 4 is 40.1 Å². The van der Waals surface area contributed by atoms with Crippen LogP contribution in [0.4, 0.5) is 16.2 Å². The smallest absolute Gasteiger partial charge is 0.412 e. The molecule has 0 aliphatic carbocycles. The molecule has 1 heterocycles. The van der Waals surface area contributed by atoms with Gasteiger partial charge in [0, 0.05) is 0 Å². The van der Waals surface area contributed by atoms with E-state index in [9.17, 15) is 4.79 Å². The maximum Gasteiger partial charge on any atom is 0.412 e. The molecule has 0 fully saturated rings. The summed E-state index contributed by atoms with van der Waals surface area (Å²) in [5.41, 5.74) is 0.940. The second-order valence-electron chi connectivity index (χ2n) is 5.73. The van der Waals surface area contributed by atoms with Gasteiger partial charge in [-0.15, -0.1) is 0 Å². The van der Waals surface area contributed by atoms with E-state index in [4.69, 9.17) is 9.15 Å². The topological polar surface area (TPSA) is 63.5 Å². The van der Waals surface area contributed by atoms with E-state index >= 15 is 0 Å². The fourth-order valence-corrected chi connectivity index (χ4v) is 2.25. The van der Waals surface area contributed by atoms with Gasteiger partial charge < -0.3 is 14.5 Å². The number of anilines is 2. The summed E-state index contributed by atoms with van der Waals surface area (Å²) in [7, 11) is 0. The summed E-state index contributed by atoms with van der Waals surface area (Å²) < 4.78 is 11.6. The first-order chi connectivity index (χ1) is 10.3. The van der Waals surface area contributed by atoms with Crippen molar-refractivity contribution in [1.29, 1.82) is 0 Å². The molecule has 5 nitrogen and oxygen atoms in total. The van der Waals surface area contributed by atoms with Crippen LogP contribution in [0.2, 0.25) is 0 Å². The first kappa shape index (κ1) is 16.7. The van der Waals surface area contributed by atoms with Crippen LogP contribution >= 0.6 is 22.6 Å². The third-order valence-electron chi connectivity index (χ3n) is 2.64. The Hall–Kier alpha value is -1.70. The highest BCUT2D eigenvalue weighted by Crippen LogP contribution is 2.23. The number of hydrogen-bond donors (Lipinski definition) is 2. The molecule has 0 spiro atoms. The Balaban J connectivity index is 2.01. The van der Waals surface area contributed by atoms with Crippen LogP contribution < -0.4 is 10.6 Å². The second-order valence-corrected chi connectivity index (χ2v) is 6.80. The number of carbonyl (C=O) groups excluding carboxylic acids is 1. The fraction of sp³-hybridized carbons (Fsp3) is 0.312. The molecular formula is C16H19IN2O3. The van der Waals surface area contributed by atoms with Crippen LogP contribution in [0.3, 0.4) is 0 Å². The van der Waals surface area contributed by atoms with E-state index in [0.29, 0.717) is 12.2 Å². The lowest BCUT2D eigenvalue weighted by Crippen LogP contribution is -2.27. The molecule has 1 aromatic heterocycles. The minimum atomic E-state index is -0.530. The van der Waals surface area contributed by atoms with Crippen molar-refractivity contribution in [1.82, 2.24) is 0 Å². The van der Waals surface area contributed by atoms with Crippen LogP contribution in [0, 0.1) is 3.77 Å². The highest BCUT2D eigenvalue weighted by Gasteiger charge is 2.17. The molecule has 118 valence electrons. The fourth-order valence-electron chi connectivity index (χ4n) is 1.79.